The van der Waals surface area contributed by atoms with Gasteiger partial charge in [-0.25, -0.2) is 0 Å². The fourth-order valence-corrected chi connectivity index (χ4v) is 3.37. The monoisotopic (exact) mass is 362 g/mol. The minimum absolute atomic E-state index is 0.257. The summed E-state index contributed by atoms with van der Waals surface area (Å²) < 4.78 is 0. The number of unbranched alkanes of at least 4 members (excludes halogenated alkanes) is 5. The molecule has 0 amide bonds. The fraction of sp³-hybridized carbons (Fsp3) is 0.636. The van der Waals surface area contributed by atoms with Crippen LogP contribution in [0, 0.1) is 0 Å². The Hall–Kier alpha value is -1.84. The molecule has 4 heteroatoms. The fourth-order valence-electron chi connectivity index (χ4n) is 3.37. The summed E-state index contributed by atoms with van der Waals surface area (Å²) in [7, 11) is 0. The van der Waals surface area contributed by atoms with E-state index in [9.17, 15) is 9.59 Å². The molecule has 0 saturated heterocycles. The van der Waals surface area contributed by atoms with Crippen molar-refractivity contribution in [1.29, 1.82) is 0 Å². The first-order chi connectivity index (χ1) is 12.5. The van der Waals surface area contributed by atoms with Crippen molar-refractivity contribution < 1.29 is 19.8 Å². The predicted molar refractivity (Wildman–Crippen MR) is 105 cm³/mol. The number of aryl methyl sites for hydroxylation is 2. The van der Waals surface area contributed by atoms with E-state index in [0.717, 1.165) is 57.8 Å². The number of carbonyl (C=O) groups is 2. The molecular weight excluding hydrogens is 328 g/mol. The van der Waals surface area contributed by atoms with Gasteiger partial charge in [-0.1, -0.05) is 44.4 Å². The first-order valence-corrected chi connectivity index (χ1v) is 10.1. The topological polar surface area (TPSA) is 74.6 Å². The van der Waals surface area contributed by atoms with E-state index in [1.807, 2.05) is 0 Å². The van der Waals surface area contributed by atoms with E-state index in [1.54, 1.807) is 0 Å². The Morgan fingerprint density at radius 1 is 0.731 bits per heavy atom. The zero-order chi connectivity index (χ0) is 19.2. The van der Waals surface area contributed by atoms with Crippen molar-refractivity contribution in [1.82, 2.24) is 0 Å². The summed E-state index contributed by atoms with van der Waals surface area (Å²) in [5.41, 5.74) is 4.29. The lowest BCUT2D eigenvalue weighted by Crippen LogP contribution is -2.02. The van der Waals surface area contributed by atoms with Crippen LogP contribution in [0.4, 0.5) is 0 Å². The highest BCUT2D eigenvalue weighted by Crippen LogP contribution is 2.22. The molecule has 1 aromatic carbocycles. The largest absolute Gasteiger partial charge is 0.481 e. The van der Waals surface area contributed by atoms with Crippen molar-refractivity contribution >= 4 is 11.9 Å². The maximum atomic E-state index is 10.6. The van der Waals surface area contributed by atoms with Crippen LogP contribution < -0.4 is 0 Å². The number of hydrogen-bond acceptors (Lipinski definition) is 2. The molecule has 0 aliphatic rings. The molecule has 2 N–H and O–H groups in total. The molecule has 0 bridgehead atoms. The van der Waals surface area contributed by atoms with Gasteiger partial charge < -0.3 is 10.2 Å². The molecule has 0 radical (unpaired) electrons. The molecule has 0 spiro atoms. The molecule has 0 aliphatic carbocycles. The van der Waals surface area contributed by atoms with E-state index >= 15 is 0 Å². The number of rotatable bonds is 15. The van der Waals surface area contributed by atoms with Crippen LogP contribution in [0.3, 0.4) is 0 Å². The van der Waals surface area contributed by atoms with Gasteiger partial charge in [0, 0.05) is 12.8 Å². The van der Waals surface area contributed by atoms with E-state index in [2.05, 4.69) is 25.1 Å². The average molecular weight is 363 g/mol. The quantitative estimate of drug-likeness (QED) is 0.409. The van der Waals surface area contributed by atoms with Crippen molar-refractivity contribution in [2.45, 2.75) is 90.4 Å². The van der Waals surface area contributed by atoms with Crippen molar-refractivity contribution in [3.8, 4) is 0 Å². The van der Waals surface area contributed by atoms with E-state index < -0.39 is 11.9 Å². The third-order valence-electron chi connectivity index (χ3n) is 4.82. The lowest BCUT2D eigenvalue weighted by atomic mass is 9.90. The lowest BCUT2D eigenvalue weighted by Gasteiger charge is -2.15. The highest BCUT2D eigenvalue weighted by molar-refractivity contribution is 5.66. The Balaban J connectivity index is 2.61. The Morgan fingerprint density at radius 2 is 1.23 bits per heavy atom. The van der Waals surface area contributed by atoms with Crippen molar-refractivity contribution in [2.75, 3.05) is 0 Å². The van der Waals surface area contributed by atoms with E-state index in [0.29, 0.717) is 0 Å². The van der Waals surface area contributed by atoms with Gasteiger partial charge in [-0.15, -0.1) is 0 Å². The van der Waals surface area contributed by atoms with E-state index in [1.165, 1.54) is 29.5 Å². The Labute approximate surface area is 157 Å². The van der Waals surface area contributed by atoms with E-state index in [4.69, 9.17) is 10.2 Å². The molecule has 0 saturated carbocycles. The minimum Gasteiger partial charge on any atom is -0.481 e. The molecule has 0 atom stereocenters. The summed E-state index contributed by atoms with van der Waals surface area (Å²) >= 11 is 0. The van der Waals surface area contributed by atoms with Crippen LogP contribution in [-0.2, 0) is 28.9 Å². The first-order valence-electron chi connectivity index (χ1n) is 10.1. The number of aliphatic carboxylic acids is 2. The van der Waals surface area contributed by atoms with Crippen LogP contribution in [-0.4, -0.2) is 22.2 Å². The van der Waals surface area contributed by atoms with Crippen LogP contribution in [0.5, 0.6) is 0 Å². The third-order valence-corrected chi connectivity index (χ3v) is 4.82. The Morgan fingerprint density at radius 3 is 1.73 bits per heavy atom. The van der Waals surface area contributed by atoms with Crippen molar-refractivity contribution in [3.05, 3.63) is 34.9 Å². The average Bonchev–Trinajstić information content (AvgIpc) is 2.60. The van der Waals surface area contributed by atoms with Crippen molar-refractivity contribution in [2.24, 2.45) is 0 Å². The molecule has 0 aromatic heterocycles. The van der Waals surface area contributed by atoms with Gasteiger partial charge in [0.05, 0.1) is 0 Å². The highest BCUT2D eigenvalue weighted by atomic mass is 16.4. The lowest BCUT2D eigenvalue weighted by molar-refractivity contribution is -0.138. The molecule has 4 nitrogen and oxygen atoms in total. The number of carboxylic acids is 2. The van der Waals surface area contributed by atoms with Gasteiger partial charge in [0.2, 0.25) is 0 Å². The zero-order valence-corrected chi connectivity index (χ0v) is 16.1. The van der Waals surface area contributed by atoms with Gasteiger partial charge in [-0.2, -0.15) is 0 Å². The molecule has 1 aromatic rings. The third kappa shape index (κ3) is 9.59. The van der Waals surface area contributed by atoms with Crippen molar-refractivity contribution in [3.63, 3.8) is 0 Å². The summed E-state index contributed by atoms with van der Waals surface area (Å²) in [6.07, 6.45) is 11.5. The summed E-state index contributed by atoms with van der Waals surface area (Å²) in [4.78, 5) is 21.2. The maximum Gasteiger partial charge on any atom is 0.303 e. The summed E-state index contributed by atoms with van der Waals surface area (Å²) in [6.45, 7) is 2.21. The number of hydrogen-bond donors (Lipinski definition) is 2. The Kier molecular flexibility index (Phi) is 11.4. The summed E-state index contributed by atoms with van der Waals surface area (Å²) in [5, 5.41) is 17.5. The smallest absolute Gasteiger partial charge is 0.303 e. The summed E-state index contributed by atoms with van der Waals surface area (Å²) in [5.74, 6) is -1.43. The van der Waals surface area contributed by atoms with Crippen LogP contribution in [0.2, 0.25) is 0 Å². The van der Waals surface area contributed by atoms with Crippen LogP contribution in [0.15, 0.2) is 18.2 Å². The molecule has 26 heavy (non-hydrogen) atoms. The maximum absolute atomic E-state index is 10.6. The predicted octanol–water partition coefficient (Wildman–Crippen LogP) is 5.40. The van der Waals surface area contributed by atoms with Gasteiger partial charge in [-0.05, 0) is 68.1 Å². The molecule has 0 fully saturated rings. The molecule has 146 valence electrons. The second-order valence-electron chi connectivity index (χ2n) is 7.07. The molecule has 0 unspecified atom stereocenters. The van der Waals surface area contributed by atoms with Crippen LogP contribution >= 0.6 is 0 Å². The summed E-state index contributed by atoms with van der Waals surface area (Å²) in [6, 6.07) is 6.58. The number of carboxylic acid groups (broad SMARTS) is 2. The van der Waals surface area contributed by atoms with Gasteiger partial charge in [-0.3, -0.25) is 9.59 Å². The molecular formula is C22H34O4. The molecule has 0 aliphatic heterocycles. The van der Waals surface area contributed by atoms with E-state index in [-0.39, 0.29) is 12.8 Å². The highest BCUT2D eigenvalue weighted by Gasteiger charge is 2.09. The van der Waals surface area contributed by atoms with Gasteiger partial charge in [0.25, 0.3) is 0 Å². The first kappa shape index (κ1) is 22.2. The van der Waals surface area contributed by atoms with Crippen LogP contribution in [0.1, 0.15) is 87.8 Å². The standard InChI is InChI=1S/C22H34O4/c1-2-3-11-18-13-10-14-19(12-6-4-8-16-21(23)24)20(18)15-7-5-9-17-22(25)26/h10,13-14H,2-9,11-12,15-17H2,1H3,(H,23,24)(H,25,26). The van der Waals surface area contributed by atoms with Gasteiger partial charge in [0.15, 0.2) is 0 Å². The second-order valence-corrected chi connectivity index (χ2v) is 7.07. The SMILES string of the molecule is CCCCc1cccc(CCCCCC(=O)O)c1CCCCCC(=O)O. The minimum atomic E-state index is -0.714. The van der Waals surface area contributed by atoms with Crippen LogP contribution in [0.25, 0.3) is 0 Å². The Bertz CT molecular complexity index is 551. The van der Waals surface area contributed by atoms with Gasteiger partial charge >= 0.3 is 11.9 Å². The zero-order valence-electron chi connectivity index (χ0n) is 16.1. The van der Waals surface area contributed by atoms with Gasteiger partial charge in [0.1, 0.15) is 0 Å². The number of benzene rings is 1. The second kappa shape index (κ2) is 13.4. The normalized spacial score (nSPS) is 10.8. The molecule has 0 heterocycles. The molecule has 1 rings (SSSR count).